The number of piperidine rings is 2. The van der Waals surface area contributed by atoms with Crippen molar-refractivity contribution in [3.05, 3.63) is 40.4 Å². The third-order valence-corrected chi connectivity index (χ3v) is 8.80. The molecule has 0 aliphatic carbocycles. The fraction of sp³-hybridized carbons (Fsp3) is 0.550. The van der Waals surface area contributed by atoms with Gasteiger partial charge in [0, 0.05) is 48.8 Å². The van der Waals surface area contributed by atoms with Crippen LogP contribution in [0.15, 0.2) is 34.7 Å². The number of likely N-dealkylation sites (tertiary alicyclic amines) is 1. The van der Waals surface area contributed by atoms with Gasteiger partial charge in [-0.15, -0.1) is 0 Å². The molecule has 0 amide bonds. The third kappa shape index (κ3) is 4.77. The first-order valence-corrected chi connectivity index (χ1v) is 12.7. The number of rotatable bonds is 5. The zero-order valence-corrected chi connectivity index (χ0v) is 18.8. The highest BCUT2D eigenvalue weighted by Crippen LogP contribution is 2.29. The van der Waals surface area contributed by atoms with E-state index in [0.29, 0.717) is 29.0 Å². The van der Waals surface area contributed by atoms with Crippen LogP contribution in [0.1, 0.15) is 31.2 Å². The minimum absolute atomic E-state index is 0.226. The molecule has 2 aromatic rings. The fourth-order valence-corrected chi connectivity index (χ4v) is 6.72. The number of thiazole rings is 1. The van der Waals surface area contributed by atoms with Crippen LogP contribution in [-0.4, -0.2) is 60.9 Å². The fourth-order valence-electron chi connectivity index (χ4n) is 4.21. The Morgan fingerprint density at radius 1 is 1.14 bits per heavy atom. The summed E-state index contributed by atoms with van der Waals surface area (Å²) < 4.78 is 33.7. The van der Waals surface area contributed by atoms with Crippen molar-refractivity contribution in [3.63, 3.8) is 0 Å². The zero-order valence-electron chi connectivity index (χ0n) is 16.5. The van der Waals surface area contributed by atoms with Crippen LogP contribution in [0.3, 0.4) is 0 Å². The van der Waals surface area contributed by atoms with Crippen molar-refractivity contribution in [2.45, 2.75) is 49.6 Å². The first kappa shape index (κ1) is 21.1. The van der Waals surface area contributed by atoms with Crippen LogP contribution in [0, 0.1) is 6.92 Å². The summed E-state index contributed by atoms with van der Waals surface area (Å²) in [6.45, 7) is 4.89. The molecule has 1 aromatic heterocycles. The van der Waals surface area contributed by atoms with Crippen molar-refractivity contribution in [1.29, 1.82) is 0 Å². The minimum Gasteiger partial charge on any atom is -0.467 e. The summed E-state index contributed by atoms with van der Waals surface area (Å²) in [5.74, 6) is 0. The van der Waals surface area contributed by atoms with Gasteiger partial charge in [-0.05, 0) is 50.3 Å². The number of aryl methyl sites for hydroxylation is 1. The largest absolute Gasteiger partial charge is 0.467 e. The standard InChI is InChI=1S/C20H26ClN3O3S2/c1-15-2-3-16(21)14-19(15)29(25,26)24-11-4-17(5-12-24)23-9-6-18(7-10-23)27-20-22-8-13-28-20/h2-3,8,13-14,17-18H,4-7,9-12H2,1H3. The number of benzene rings is 1. The summed E-state index contributed by atoms with van der Waals surface area (Å²) in [4.78, 5) is 7.02. The molecule has 2 aliphatic rings. The second-order valence-corrected chi connectivity index (χ2v) is 10.9. The molecule has 4 rings (SSSR count). The van der Waals surface area contributed by atoms with E-state index in [1.54, 1.807) is 28.7 Å². The molecule has 0 N–H and O–H groups in total. The molecule has 0 unspecified atom stereocenters. The topological polar surface area (TPSA) is 62.7 Å². The Morgan fingerprint density at radius 2 is 1.86 bits per heavy atom. The first-order chi connectivity index (χ1) is 13.9. The number of hydrogen-bond donors (Lipinski definition) is 0. The van der Waals surface area contributed by atoms with Crippen LogP contribution in [0.5, 0.6) is 5.19 Å². The molecule has 0 radical (unpaired) electrons. The van der Waals surface area contributed by atoms with E-state index in [1.807, 2.05) is 12.3 Å². The molecule has 1 aromatic carbocycles. The predicted molar refractivity (Wildman–Crippen MR) is 115 cm³/mol. The van der Waals surface area contributed by atoms with Crippen molar-refractivity contribution in [2.24, 2.45) is 0 Å². The third-order valence-electron chi connectivity index (χ3n) is 5.86. The lowest BCUT2D eigenvalue weighted by atomic mass is 10.00. The Balaban J connectivity index is 1.31. The lowest BCUT2D eigenvalue weighted by Gasteiger charge is -2.41. The lowest BCUT2D eigenvalue weighted by Crippen LogP contribution is -2.50. The van der Waals surface area contributed by atoms with Gasteiger partial charge in [0.25, 0.3) is 5.19 Å². The molecule has 3 heterocycles. The van der Waals surface area contributed by atoms with Gasteiger partial charge in [0.2, 0.25) is 10.0 Å². The van der Waals surface area contributed by atoms with E-state index in [1.165, 1.54) is 11.3 Å². The first-order valence-electron chi connectivity index (χ1n) is 10.00. The van der Waals surface area contributed by atoms with Crippen LogP contribution in [0.4, 0.5) is 0 Å². The van der Waals surface area contributed by atoms with E-state index in [9.17, 15) is 8.42 Å². The molecule has 0 spiro atoms. The summed E-state index contributed by atoms with van der Waals surface area (Å²) in [7, 11) is -3.50. The highest BCUT2D eigenvalue weighted by Gasteiger charge is 2.34. The summed E-state index contributed by atoms with van der Waals surface area (Å²) in [6.07, 6.45) is 5.68. The molecule has 6 nitrogen and oxygen atoms in total. The summed E-state index contributed by atoms with van der Waals surface area (Å²) in [6, 6.07) is 5.48. The van der Waals surface area contributed by atoms with E-state index < -0.39 is 10.0 Å². The minimum atomic E-state index is -3.50. The van der Waals surface area contributed by atoms with Gasteiger partial charge in [0.05, 0.1) is 4.90 Å². The number of nitrogens with zero attached hydrogens (tertiary/aromatic N) is 3. The second kappa shape index (κ2) is 8.89. The molecule has 9 heteroatoms. The van der Waals surface area contributed by atoms with Gasteiger partial charge in [-0.25, -0.2) is 13.4 Å². The Labute approximate surface area is 181 Å². The van der Waals surface area contributed by atoms with Gasteiger partial charge in [0.15, 0.2) is 0 Å². The normalized spacial score (nSPS) is 20.8. The Hall–Kier alpha value is -1.19. The Bertz CT molecular complexity index is 920. The molecule has 0 bridgehead atoms. The highest BCUT2D eigenvalue weighted by molar-refractivity contribution is 7.89. The van der Waals surface area contributed by atoms with Crippen molar-refractivity contribution >= 4 is 33.0 Å². The second-order valence-electron chi connectivity index (χ2n) is 7.70. The van der Waals surface area contributed by atoms with E-state index in [2.05, 4.69) is 9.88 Å². The van der Waals surface area contributed by atoms with E-state index in [-0.39, 0.29) is 6.10 Å². The van der Waals surface area contributed by atoms with Crippen molar-refractivity contribution in [1.82, 2.24) is 14.2 Å². The molecule has 158 valence electrons. The quantitative estimate of drug-likeness (QED) is 0.686. The molecular weight excluding hydrogens is 430 g/mol. The molecule has 29 heavy (non-hydrogen) atoms. The Morgan fingerprint density at radius 3 is 2.52 bits per heavy atom. The average molecular weight is 456 g/mol. The number of ether oxygens (including phenoxy) is 1. The van der Waals surface area contributed by atoms with Gasteiger partial charge in [-0.2, -0.15) is 4.31 Å². The number of halogens is 1. The molecule has 0 saturated carbocycles. The average Bonchev–Trinajstić information content (AvgIpc) is 3.23. The van der Waals surface area contributed by atoms with Crippen LogP contribution in [-0.2, 0) is 10.0 Å². The van der Waals surface area contributed by atoms with E-state index in [0.717, 1.165) is 49.5 Å². The zero-order chi connectivity index (χ0) is 20.4. The molecule has 2 saturated heterocycles. The summed E-state index contributed by atoms with van der Waals surface area (Å²) >= 11 is 7.57. The SMILES string of the molecule is Cc1ccc(Cl)cc1S(=O)(=O)N1CCC(N2CCC(Oc3nccs3)CC2)CC1. The smallest absolute Gasteiger partial charge is 0.273 e. The maximum atomic E-state index is 13.1. The van der Waals surface area contributed by atoms with Gasteiger partial charge in [-0.1, -0.05) is 29.0 Å². The Kier molecular flexibility index (Phi) is 6.46. The maximum absolute atomic E-state index is 13.1. The van der Waals surface area contributed by atoms with Crippen LogP contribution >= 0.6 is 22.9 Å². The number of hydrogen-bond acceptors (Lipinski definition) is 6. The molecule has 0 atom stereocenters. The van der Waals surface area contributed by atoms with E-state index >= 15 is 0 Å². The van der Waals surface area contributed by atoms with Crippen molar-refractivity contribution in [2.75, 3.05) is 26.2 Å². The summed E-state index contributed by atoms with van der Waals surface area (Å²) in [5, 5.41) is 3.13. The van der Waals surface area contributed by atoms with Gasteiger partial charge < -0.3 is 9.64 Å². The van der Waals surface area contributed by atoms with Crippen LogP contribution < -0.4 is 4.74 Å². The van der Waals surface area contributed by atoms with Crippen molar-refractivity contribution in [3.8, 4) is 5.19 Å². The molecular formula is C20H26ClN3O3S2. The van der Waals surface area contributed by atoms with Crippen LogP contribution in [0.25, 0.3) is 0 Å². The number of aromatic nitrogens is 1. The predicted octanol–water partition coefficient (Wildman–Crippen LogP) is 3.80. The lowest BCUT2D eigenvalue weighted by molar-refractivity contribution is 0.0584. The molecule has 2 aliphatic heterocycles. The number of sulfonamides is 1. The monoisotopic (exact) mass is 455 g/mol. The van der Waals surface area contributed by atoms with Gasteiger partial charge >= 0.3 is 0 Å². The van der Waals surface area contributed by atoms with Crippen molar-refractivity contribution < 1.29 is 13.2 Å². The maximum Gasteiger partial charge on any atom is 0.273 e. The van der Waals surface area contributed by atoms with Gasteiger partial charge in [-0.3, -0.25) is 0 Å². The highest BCUT2D eigenvalue weighted by atomic mass is 35.5. The van der Waals surface area contributed by atoms with E-state index in [4.69, 9.17) is 16.3 Å². The summed E-state index contributed by atoms with van der Waals surface area (Å²) in [5.41, 5.74) is 0.735. The molecule has 2 fully saturated rings. The van der Waals surface area contributed by atoms with Gasteiger partial charge in [0.1, 0.15) is 6.10 Å². The van der Waals surface area contributed by atoms with Crippen LogP contribution in [0.2, 0.25) is 5.02 Å².